The van der Waals surface area contributed by atoms with Crippen LogP contribution < -0.4 is 0 Å². The number of aryl methyl sites for hydroxylation is 1. The van der Waals surface area contributed by atoms with E-state index in [9.17, 15) is 0 Å². The van der Waals surface area contributed by atoms with E-state index in [1.807, 2.05) is 0 Å². The Morgan fingerprint density at radius 2 is 2.00 bits per heavy atom. The summed E-state index contributed by atoms with van der Waals surface area (Å²) in [5.41, 5.74) is 3.17. The summed E-state index contributed by atoms with van der Waals surface area (Å²) in [7, 11) is 0. The molecule has 12 heavy (non-hydrogen) atoms. The fraction of sp³-hybridized carbons (Fsp3) is 0.400. The van der Waals surface area contributed by atoms with Crippen molar-refractivity contribution in [3.63, 3.8) is 0 Å². The van der Waals surface area contributed by atoms with Crippen LogP contribution in [0.1, 0.15) is 17.5 Å². The molecule has 63 valence electrons. The van der Waals surface area contributed by atoms with Gasteiger partial charge in [0.25, 0.3) is 0 Å². The van der Waals surface area contributed by atoms with Gasteiger partial charge < -0.3 is 0 Å². The van der Waals surface area contributed by atoms with Crippen LogP contribution in [0.15, 0.2) is 24.3 Å². The van der Waals surface area contributed by atoms with Gasteiger partial charge in [0.2, 0.25) is 0 Å². The van der Waals surface area contributed by atoms with Crippen LogP contribution in [0, 0.1) is 0 Å². The summed E-state index contributed by atoms with van der Waals surface area (Å²) >= 11 is 3.92. The molecule has 2 heteroatoms. The van der Waals surface area contributed by atoms with Crippen molar-refractivity contribution in [2.24, 2.45) is 0 Å². The van der Waals surface area contributed by atoms with Crippen LogP contribution in [0.5, 0.6) is 0 Å². The van der Waals surface area contributed by atoms with Crippen LogP contribution in [-0.4, -0.2) is 27.3 Å². The zero-order valence-electron chi connectivity index (χ0n) is 6.82. The molecule has 0 amide bonds. The third-order valence-corrected chi connectivity index (χ3v) is 6.82. The fourth-order valence-electron chi connectivity index (χ4n) is 1.75. The van der Waals surface area contributed by atoms with Crippen molar-refractivity contribution in [1.29, 1.82) is 0 Å². The van der Waals surface area contributed by atoms with E-state index in [0.717, 1.165) is 4.82 Å². The summed E-state index contributed by atoms with van der Waals surface area (Å²) in [5, 5.41) is 0. The molecule has 1 aliphatic carbocycles. The van der Waals surface area contributed by atoms with E-state index >= 15 is 0 Å². The zero-order chi connectivity index (χ0) is 8.39. The standard InChI is InChI=1S/C10H11Se2/c11-12-10-6-5-8-3-1-2-4-9(8)7-10/h1-4,10H,5-7H2. The summed E-state index contributed by atoms with van der Waals surface area (Å²) in [6.07, 6.45) is 4.00. The van der Waals surface area contributed by atoms with Crippen molar-refractivity contribution in [2.75, 3.05) is 0 Å². The molecule has 1 radical (unpaired) electrons. The van der Waals surface area contributed by atoms with Crippen LogP contribution in [0.2, 0.25) is 4.82 Å². The molecule has 0 aromatic heterocycles. The first-order valence-electron chi connectivity index (χ1n) is 4.25. The number of benzene rings is 1. The van der Waals surface area contributed by atoms with Crippen molar-refractivity contribution in [3.8, 4) is 0 Å². The van der Waals surface area contributed by atoms with Gasteiger partial charge in [0.15, 0.2) is 0 Å². The predicted octanol–water partition coefficient (Wildman–Crippen LogP) is 1.75. The van der Waals surface area contributed by atoms with Gasteiger partial charge in [0, 0.05) is 0 Å². The molecular formula is C10H11Se2. The van der Waals surface area contributed by atoms with Gasteiger partial charge in [-0.25, -0.2) is 0 Å². The summed E-state index contributed by atoms with van der Waals surface area (Å²) < 4.78 is 0. The van der Waals surface area contributed by atoms with Crippen molar-refractivity contribution >= 4 is 27.3 Å². The van der Waals surface area contributed by atoms with Crippen LogP contribution in [0.25, 0.3) is 0 Å². The Kier molecular flexibility index (Phi) is 2.93. The molecule has 0 spiro atoms. The van der Waals surface area contributed by atoms with Crippen molar-refractivity contribution < 1.29 is 0 Å². The monoisotopic (exact) mass is 291 g/mol. The Morgan fingerprint density at radius 1 is 1.25 bits per heavy atom. The fourth-order valence-corrected chi connectivity index (χ4v) is 4.51. The minimum absolute atomic E-state index is 0.716. The summed E-state index contributed by atoms with van der Waals surface area (Å²) in [4.78, 5) is 0.951. The SMILES string of the molecule is [Se][Se]C1CCc2ccccc2C1. The van der Waals surface area contributed by atoms with Gasteiger partial charge in [-0.2, -0.15) is 0 Å². The Hall–Kier alpha value is 0.259. The molecule has 0 saturated heterocycles. The van der Waals surface area contributed by atoms with Gasteiger partial charge in [0.05, 0.1) is 0 Å². The van der Waals surface area contributed by atoms with E-state index < -0.39 is 0 Å². The van der Waals surface area contributed by atoms with Gasteiger partial charge >= 0.3 is 86.8 Å². The van der Waals surface area contributed by atoms with Gasteiger partial charge in [-0.05, 0) is 0 Å². The molecule has 0 nitrogen and oxygen atoms in total. The normalized spacial score (nSPS) is 21.9. The molecule has 0 N–H and O–H groups in total. The molecule has 0 aliphatic heterocycles. The molecule has 0 heterocycles. The summed E-state index contributed by atoms with van der Waals surface area (Å²) in [6, 6.07) is 8.88. The predicted molar refractivity (Wildman–Crippen MR) is 53.7 cm³/mol. The van der Waals surface area contributed by atoms with Crippen molar-refractivity contribution in [1.82, 2.24) is 0 Å². The Morgan fingerprint density at radius 3 is 2.75 bits per heavy atom. The maximum absolute atomic E-state index is 3.21. The van der Waals surface area contributed by atoms with Gasteiger partial charge in [-0.3, -0.25) is 0 Å². The molecule has 1 unspecified atom stereocenters. The van der Waals surface area contributed by atoms with E-state index in [4.69, 9.17) is 0 Å². The van der Waals surface area contributed by atoms with Crippen LogP contribution in [0.4, 0.5) is 0 Å². The number of fused-ring (bicyclic) bond motifs is 1. The van der Waals surface area contributed by atoms with Crippen LogP contribution in [0.3, 0.4) is 0 Å². The third-order valence-electron chi connectivity index (χ3n) is 2.44. The molecular weight excluding hydrogens is 278 g/mol. The van der Waals surface area contributed by atoms with E-state index in [2.05, 4.69) is 38.5 Å². The van der Waals surface area contributed by atoms with E-state index in [1.165, 1.54) is 19.3 Å². The zero-order valence-corrected chi connectivity index (χ0v) is 10.3. The number of rotatable bonds is 1. The van der Waals surface area contributed by atoms with Crippen molar-refractivity contribution in [3.05, 3.63) is 35.4 Å². The first-order chi connectivity index (χ1) is 5.90. The average Bonchev–Trinajstić information content (AvgIpc) is 2.17. The molecule has 1 atom stereocenters. The van der Waals surface area contributed by atoms with E-state index in [-0.39, 0.29) is 0 Å². The Bertz CT molecular complexity index is 270. The van der Waals surface area contributed by atoms with Gasteiger partial charge in [0.1, 0.15) is 0 Å². The van der Waals surface area contributed by atoms with E-state index in [0.29, 0.717) is 13.1 Å². The molecule has 1 aromatic carbocycles. The first kappa shape index (κ1) is 8.84. The molecule has 1 aliphatic rings. The van der Waals surface area contributed by atoms with E-state index in [1.54, 1.807) is 11.1 Å². The number of hydrogen-bond acceptors (Lipinski definition) is 0. The van der Waals surface area contributed by atoms with Gasteiger partial charge in [-0.1, -0.05) is 0 Å². The maximum atomic E-state index is 3.21. The second kappa shape index (κ2) is 3.98. The Labute approximate surface area is 86.7 Å². The molecule has 0 saturated carbocycles. The minimum atomic E-state index is 0.716. The molecule has 2 rings (SSSR count). The van der Waals surface area contributed by atoms with Crippen LogP contribution >= 0.6 is 0 Å². The molecule has 1 aromatic rings. The second-order valence-electron chi connectivity index (χ2n) is 3.23. The Balaban J connectivity index is 2.23. The summed E-state index contributed by atoms with van der Waals surface area (Å²) in [6.45, 7) is 0. The van der Waals surface area contributed by atoms with Crippen molar-refractivity contribution in [2.45, 2.75) is 24.1 Å². The summed E-state index contributed by atoms with van der Waals surface area (Å²) in [5.74, 6) is 0. The topological polar surface area (TPSA) is 0 Å². The van der Waals surface area contributed by atoms with Crippen LogP contribution in [-0.2, 0) is 12.8 Å². The quantitative estimate of drug-likeness (QED) is 0.691. The van der Waals surface area contributed by atoms with Gasteiger partial charge in [-0.15, -0.1) is 0 Å². The third kappa shape index (κ3) is 1.78. The average molecular weight is 289 g/mol. The molecule has 0 bridgehead atoms. The first-order valence-corrected chi connectivity index (χ1v) is 9.58. The molecule has 0 fully saturated rings. The second-order valence-corrected chi connectivity index (χ2v) is 7.13. The number of hydrogen-bond donors (Lipinski definition) is 0.